The van der Waals surface area contributed by atoms with Crippen molar-refractivity contribution in [2.24, 2.45) is 0 Å². The highest BCUT2D eigenvalue weighted by Gasteiger charge is 2.22. The summed E-state index contributed by atoms with van der Waals surface area (Å²) in [7, 11) is 0. The quantitative estimate of drug-likeness (QED) is 0.668. The van der Waals surface area contributed by atoms with Gasteiger partial charge in [0.25, 0.3) is 5.56 Å². The van der Waals surface area contributed by atoms with Gasteiger partial charge in [0.1, 0.15) is 14.6 Å². The third kappa shape index (κ3) is 3.40. The second-order valence-corrected chi connectivity index (χ2v) is 7.38. The molecule has 0 spiro atoms. The molecule has 0 aliphatic carbocycles. The molecule has 136 valence electrons. The number of nitrogens with one attached hydrogen (secondary N) is 1. The van der Waals surface area contributed by atoms with Crippen LogP contribution in [0.1, 0.15) is 50.7 Å². The van der Waals surface area contributed by atoms with Crippen molar-refractivity contribution in [3.05, 3.63) is 49.0 Å². The van der Waals surface area contributed by atoms with Gasteiger partial charge in [0.05, 0.1) is 12.0 Å². The first-order chi connectivity index (χ1) is 12.4. The Bertz CT molecular complexity index is 1020. The van der Waals surface area contributed by atoms with E-state index in [4.69, 9.17) is 9.47 Å². The number of rotatable bonds is 5. The van der Waals surface area contributed by atoms with E-state index in [0.29, 0.717) is 25.5 Å². The standard InChI is InChI=1S/C17H16N2O5S2/c1-4-23-17(22)12-8(2)11-14(20)18-13(19-15(11)26-12)9(3)24-16(21)10-6-5-7-25-10/h5-7,9H,4H2,1-3H3,(H,18,19,20)/t9-/m1/s1. The first kappa shape index (κ1) is 18.3. The zero-order valence-electron chi connectivity index (χ0n) is 14.3. The minimum absolute atomic E-state index is 0.226. The molecule has 3 aromatic rings. The fraction of sp³-hybridized carbons (Fsp3) is 0.294. The average Bonchev–Trinajstić information content (AvgIpc) is 3.23. The molecule has 0 unspecified atom stereocenters. The summed E-state index contributed by atoms with van der Waals surface area (Å²) in [6.07, 6.45) is -0.741. The van der Waals surface area contributed by atoms with Crippen LogP contribution in [-0.2, 0) is 9.47 Å². The fourth-order valence-electron chi connectivity index (χ4n) is 2.41. The first-order valence-electron chi connectivity index (χ1n) is 7.87. The summed E-state index contributed by atoms with van der Waals surface area (Å²) in [6, 6.07) is 3.41. The SMILES string of the molecule is CCOC(=O)c1sc2nc([C@@H](C)OC(=O)c3cccs3)[nH]c(=O)c2c1C. The number of fused-ring (bicyclic) bond motifs is 1. The Morgan fingerprint density at radius 3 is 2.77 bits per heavy atom. The minimum atomic E-state index is -0.741. The Kier molecular flexibility index (Phi) is 5.19. The molecule has 9 heteroatoms. The Morgan fingerprint density at radius 1 is 1.35 bits per heavy atom. The van der Waals surface area contributed by atoms with Crippen LogP contribution in [-0.4, -0.2) is 28.5 Å². The third-order valence-electron chi connectivity index (χ3n) is 3.67. The van der Waals surface area contributed by atoms with Gasteiger partial charge in [-0.2, -0.15) is 0 Å². The number of carbonyl (C=O) groups is 2. The summed E-state index contributed by atoms with van der Waals surface area (Å²) in [4.78, 5) is 44.8. The van der Waals surface area contributed by atoms with E-state index in [1.807, 2.05) is 0 Å². The normalized spacial score (nSPS) is 12.1. The van der Waals surface area contributed by atoms with Gasteiger partial charge in [0.2, 0.25) is 0 Å². The summed E-state index contributed by atoms with van der Waals surface area (Å²) in [6.45, 7) is 5.27. The molecule has 3 aromatic heterocycles. The molecule has 3 rings (SSSR count). The lowest BCUT2D eigenvalue weighted by atomic mass is 10.2. The summed E-state index contributed by atoms with van der Waals surface area (Å²) < 4.78 is 10.4. The average molecular weight is 392 g/mol. The lowest BCUT2D eigenvalue weighted by molar-refractivity contribution is 0.0325. The van der Waals surface area contributed by atoms with Gasteiger partial charge in [0, 0.05) is 0 Å². The summed E-state index contributed by atoms with van der Waals surface area (Å²) in [5, 5.41) is 2.12. The van der Waals surface area contributed by atoms with Gasteiger partial charge in [-0.05, 0) is 37.8 Å². The zero-order valence-corrected chi connectivity index (χ0v) is 16.0. The Morgan fingerprint density at radius 2 is 2.12 bits per heavy atom. The van der Waals surface area contributed by atoms with Gasteiger partial charge in [-0.1, -0.05) is 6.07 Å². The molecule has 26 heavy (non-hydrogen) atoms. The van der Waals surface area contributed by atoms with Crippen molar-refractivity contribution in [1.82, 2.24) is 9.97 Å². The second kappa shape index (κ2) is 7.38. The molecule has 0 aliphatic heterocycles. The number of esters is 2. The number of hydrogen-bond acceptors (Lipinski definition) is 8. The molecule has 1 N–H and O–H groups in total. The van der Waals surface area contributed by atoms with Gasteiger partial charge in [-0.3, -0.25) is 4.79 Å². The van der Waals surface area contributed by atoms with Gasteiger partial charge >= 0.3 is 11.9 Å². The molecule has 0 aliphatic rings. The van der Waals surface area contributed by atoms with Crippen LogP contribution < -0.4 is 5.56 Å². The lowest BCUT2D eigenvalue weighted by Crippen LogP contribution is -2.17. The van der Waals surface area contributed by atoms with Crippen LogP contribution in [0.15, 0.2) is 22.3 Å². The van der Waals surface area contributed by atoms with Crippen LogP contribution in [0.4, 0.5) is 0 Å². The number of aromatic nitrogens is 2. The topological polar surface area (TPSA) is 98.3 Å². The van der Waals surface area contributed by atoms with E-state index in [1.165, 1.54) is 11.3 Å². The van der Waals surface area contributed by atoms with Crippen LogP contribution >= 0.6 is 22.7 Å². The summed E-state index contributed by atoms with van der Waals surface area (Å²) >= 11 is 2.36. The monoisotopic (exact) mass is 392 g/mol. The van der Waals surface area contributed by atoms with E-state index in [2.05, 4.69) is 9.97 Å². The lowest BCUT2D eigenvalue weighted by Gasteiger charge is -2.11. The van der Waals surface area contributed by atoms with Gasteiger partial charge < -0.3 is 14.5 Å². The first-order valence-corrected chi connectivity index (χ1v) is 9.56. The molecule has 0 fully saturated rings. The van der Waals surface area contributed by atoms with E-state index in [0.717, 1.165) is 11.3 Å². The van der Waals surface area contributed by atoms with E-state index < -0.39 is 18.0 Å². The molecule has 1 atom stereocenters. The molecule has 0 aromatic carbocycles. The Balaban J connectivity index is 1.94. The van der Waals surface area contributed by atoms with Gasteiger partial charge in [-0.15, -0.1) is 22.7 Å². The molecule has 7 nitrogen and oxygen atoms in total. The van der Waals surface area contributed by atoms with Crippen molar-refractivity contribution in [1.29, 1.82) is 0 Å². The maximum atomic E-state index is 12.5. The Hall–Kier alpha value is -2.52. The van der Waals surface area contributed by atoms with Gasteiger partial charge in [0.15, 0.2) is 11.9 Å². The van der Waals surface area contributed by atoms with Crippen molar-refractivity contribution in [2.75, 3.05) is 6.61 Å². The van der Waals surface area contributed by atoms with E-state index in [9.17, 15) is 14.4 Å². The van der Waals surface area contributed by atoms with Crippen molar-refractivity contribution >= 4 is 44.8 Å². The minimum Gasteiger partial charge on any atom is -0.462 e. The number of thiophene rings is 2. The van der Waals surface area contributed by atoms with Crippen LogP contribution in [0.2, 0.25) is 0 Å². The molecule has 0 radical (unpaired) electrons. The number of ether oxygens (including phenoxy) is 2. The maximum Gasteiger partial charge on any atom is 0.349 e. The fourth-order valence-corrected chi connectivity index (χ4v) is 4.10. The van der Waals surface area contributed by atoms with Crippen molar-refractivity contribution in [3.63, 3.8) is 0 Å². The number of aryl methyl sites for hydroxylation is 1. The van der Waals surface area contributed by atoms with Crippen LogP contribution in [0.25, 0.3) is 10.2 Å². The van der Waals surface area contributed by atoms with Crippen molar-refractivity contribution in [2.45, 2.75) is 26.9 Å². The number of H-pyrrole nitrogens is 1. The third-order valence-corrected chi connectivity index (χ3v) is 5.69. The van der Waals surface area contributed by atoms with E-state index in [1.54, 1.807) is 38.3 Å². The number of carbonyl (C=O) groups excluding carboxylic acids is 2. The largest absolute Gasteiger partial charge is 0.462 e. The summed E-state index contributed by atoms with van der Waals surface area (Å²) in [5.41, 5.74) is 0.153. The highest BCUT2D eigenvalue weighted by atomic mass is 32.1. The predicted octanol–water partition coefficient (Wildman–Crippen LogP) is 3.45. The van der Waals surface area contributed by atoms with Crippen LogP contribution in [0.3, 0.4) is 0 Å². The van der Waals surface area contributed by atoms with Crippen LogP contribution in [0, 0.1) is 6.92 Å². The molecular formula is C17H16N2O5S2. The molecule has 0 amide bonds. The van der Waals surface area contributed by atoms with E-state index >= 15 is 0 Å². The zero-order chi connectivity index (χ0) is 18.8. The van der Waals surface area contributed by atoms with Crippen molar-refractivity contribution in [3.8, 4) is 0 Å². The molecule has 0 saturated carbocycles. The predicted molar refractivity (Wildman–Crippen MR) is 99.1 cm³/mol. The summed E-state index contributed by atoms with van der Waals surface area (Å²) in [5.74, 6) is -0.736. The molecular weight excluding hydrogens is 376 g/mol. The molecule has 0 bridgehead atoms. The molecule has 0 saturated heterocycles. The highest BCUT2D eigenvalue weighted by molar-refractivity contribution is 7.20. The maximum absolute atomic E-state index is 12.5. The van der Waals surface area contributed by atoms with Crippen LogP contribution in [0.5, 0.6) is 0 Å². The molecule has 3 heterocycles. The Labute approximate surface area is 156 Å². The van der Waals surface area contributed by atoms with Crippen molar-refractivity contribution < 1.29 is 19.1 Å². The smallest absolute Gasteiger partial charge is 0.349 e. The number of hydrogen-bond donors (Lipinski definition) is 1. The number of aromatic amines is 1. The number of nitrogens with zero attached hydrogens (tertiary/aromatic N) is 1. The van der Waals surface area contributed by atoms with E-state index in [-0.39, 0.29) is 18.0 Å². The highest BCUT2D eigenvalue weighted by Crippen LogP contribution is 2.28. The van der Waals surface area contributed by atoms with Gasteiger partial charge in [-0.25, -0.2) is 14.6 Å². The second-order valence-electron chi connectivity index (χ2n) is 5.43.